The van der Waals surface area contributed by atoms with Crippen LogP contribution in [0.5, 0.6) is 5.75 Å². The smallest absolute Gasteiger partial charge is 0.319 e. The zero-order valence-corrected chi connectivity index (χ0v) is 14.5. The normalized spacial score (nSPS) is 10.0. The fourth-order valence-corrected chi connectivity index (χ4v) is 2.36. The maximum Gasteiger partial charge on any atom is 0.319 e. The van der Waals surface area contributed by atoms with E-state index in [4.69, 9.17) is 14.4 Å². The molecule has 2 aromatic carbocycles. The van der Waals surface area contributed by atoms with Gasteiger partial charge in [0.05, 0.1) is 5.69 Å². The van der Waals surface area contributed by atoms with E-state index >= 15 is 0 Å². The minimum atomic E-state index is -0.313. The Kier molecular flexibility index (Phi) is 6.04. The van der Waals surface area contributed by atoms with E-state index in [0.717, 1.165) is 11.3 Å². The van der Waals surface area contributed by atoms with Crippen molar-refractivity contribution < 1.29 is 13.9 Å². The highest BCUT2D eigenvalue weighted by molar-refractivity contribution is 5.89. The Morgan fingerprint density at radius 2 is 1.93 bits per heavy atom. The average Bonchev–Trinajstić information content (AvgIpc) is 3.17. The van der Waals surface area contributed by atoms with Gasteiger partial charge < -0.3 is 19.8 Å². The molecule has 3 rings (SSSR count). The summed E-state index contributed by atoms with van der Waals surface area (Å²) in [5.41, 5.74) is 2.31. The number of nitrogens with zero attached hydrogens (tertiary/aromatic N) is 2. The maximum atomic E-state index is 11.9. The van der Waals surface area contributed by atoms with Crippen LogP contribution >= 0.6 is 0 Å². The van der Waals surface area contributed by atoms with E-state index in [1.54, 1.807) is 30.5 Å². The first-order valence-electron chi connectivity index (χ1n) is 8.39. The summed E-state index contributed by atoms with van der Waals surface area (Å²) in [5, 5.41) is 14.0. The van der Waals surface area contributed by atoms with Gasteiger partial charge >= 0.3 is 6.03 Å². The Balaban J connectivity index is 1.43. The van der Waals surface area contributed by atoms with Crippen molar-refractivity contribution in [2.75, 3.05) is 18.5 Å². The van der Waals surface area contributed by atoms with Crippen molar-refractivity contribution in [3.8, 4) is 23.3 Å². The number of carbonyl (C=O) groups excluding carboxylic acids is 1. The van der Waals surface area contributed by atoms with E-state index < -0.39 is 0 Å². The van der Waals surface area contributed by atoms with Gasteiger partial charge in [0.2, 0.25) is 5.89 Å². The minimum absolute atomic E-state index is 0.0126. The molecular formula is C20H18N4O3. The molecule has 0 saturated carbocycles. The van der Waals surface area contributed by atoms with Gasteiger partial charge in [0.25, 0.3) is 0 Å². The van der Waals surface area contributed by atoms with Crippen molar-refractivity contribution in [1.29, 1.82) is 5.26 Å². The quantitative estimate of drug-likeness (QED) is 0.669. The number of oxazole rings is 1. The zero-order chi connectivity index (χ0) is 18.9. The number of ether oxygens (including phenoxy) is 1. The van der Waals surface area contributed by atoms with Gasteiger partial charge in [-0.2, -0.15) is 5.26 Å². The van der Waals surface area contributed by atoms with Crippen LogP contribution in [0.2, 0.25) is 0 Å². The van der Waals surface area contributed by atoms with Gasteiger partial charge in [-0.05, 0) is 36.4 Å². The molecule has 0 atom stereocenters. The topological polar surface area (TPSA) is 100 Å². The molecule has 0 fully saturated rings. The summed E-state index contributed by atoms with van der Waals surface area (Å²) < 4.78 is 10.6. The van der Waals surface area contributed by atoms with Crippen LogP contribution in [0.3, 0.4) is 0 Å². The molecule has 1 aromatic heterocycles. The van der Waals surface area contributed by atoms with Crippen molar-refractivity contribution in [1.82, 2.24) is 10.3 Å². The molecule has 7 nitrogen and oxygen atoms in total. The van der Waals surface area contributed by atoms with Crippen molar-refractivity contribution >= 4 is 11.7 Å². The molecule has 0 saturated heterocycles. The Morgan fingerprint density at radius 1 is 1.15 bits per heavy atom. The number of aromatic nitrogens is 1. The summed E-state index contributed by atoms with van der Waals surface area (Å²) in [4.78, 5) is 16.4. The number of hydrogen-bond donors (Lipinski definition) is 2. The third kappa shape index (κ3) is 5.34. The van der Waals surface area contributed by atoms with Gasteiger partial charge in [-0.15, -0.1) is 0 Å². The molecule has 0 radical (unpaired) electrons. The van der Waals surface area contributed by atoms with Crippen LogP contribution in [0.1, 0.15) is 5.69 Å². The van der Waals surface area contributed by atoms with Gasteiger partial charge in [-0.1, -0.05) is 18.2 Å². The molecule has 3 aromatic rings. The Bertz CT molecular complexity index is 914. The van der Waals surface area contributed by atoms with Gasteiger partial charge in [-0.3, -0.25) is 0 Å². The van der Waals surface area contributed by atoms with E-state index in [0.29, 0.717) is 30.3 Å². The molecule has 27 heavy (non-hydrogen) atoms. The molecule has 2 N–H and O–H groups in total. The summed E-state index contributed by atoms with van der Waals surface area (Å²) in [6.07, 6.45) is 2.16. The molecule has 0 spiro atoms. The monoisotopic (exact) mass is 362 g/mol. The number of nitriles is 1. The summed E-state index contributed by atoms with van der Waals surface area (Å²) in [5.74, 6) is 1.14. The van der Waals surface area contributed by atoms with Gasteiger partial charge in [0, 0.05) is 24.2 Å². The lowest BCUT2D eigenvalue weighted by atomic mass is 10.2. The van der Waals surface area contributed by atoms with Crippen LogP contribution in [0.15, 0.2) is 65.3 Å². The number of nitrogens with one attached hydrogen (secondary N) is 2. The molecule has 0 unspecified atom stereocenters. The van der Waals surface area contributed by atoms with Crippen LogP contribution in [0.4, 0.5) is 10.5 Å². The largest absolute Gasteiger partial charge is 0.479 e. The van der Waals surface area contributed by atoms with Gasteiger partial charge in [-0.25, -0.2) is 9.78 Å². The second kappa shape index (κ2) is 9.06. The minimum Gasteiger partial charge on any atom is -0.479 e. The third-order valence-electron chi connectivity index (χ3n) is 3.65. The highest BCUT2D eigenvalue weighted by Crippen LogP contribution is 2.18. The number of carbonyl (C=O) groups is 1. The molecule has 0 aliphatic rings. The highest BCUT2D eigenvalue weighted by atomic mass is 16.5. The van der Waals surface area contributed by atoms with Gasteiger partial charge in [0.1, 0.15) is 18.1 Å². The predicted octanol–water partition coefficient (Wildman–Crippen LogP) is 3.61. The van der Waals surface area contributed by atoms with Crippen molar-refractivity contribution in [3.05, 3.63) is 66.6 Å². The Hall–Kier alpha value is -3.79. The van der Waals surface area contributed by atoms with Crippen molar-refractivity contribution in [2.24, 2.45) is 0 Å². The number of amides is 2. The summed E-state index contributed by atoms with van der Waals surface area (Å²) in [7, 11) is 0. The standard InChI is InChI=1S/C20H18N4O3/c21-11-13-26-18-8-6-16(7-9-18)24-20(25)22-12-10-17-14-27-19(23-17)15-4-2-1-3-5-15/h1-9,14H,10,12-13H2,(H2,22,24,25). The number of anilines is 1. The molecule has 7 heteroatoms. The van der Waals surface area contributed by atoms with E-state index in [1.165, 1.54) is 0 Å². The van der Waals surface area contributed by atoms with E-state index in [-0.39, 0.29) is 12.6 Å². The van der Waals surface area contributed by atoms with E-state index in [2.05, 4.69) is 15.6 Å². The third-order valence-corrected chi connectivity index (χ3v) is 3.65. The molecule has 0 aliphatic heterocycles. The molecular weight excluding hydrogens is 344 g/mol. The molecule has 2 amide bonds. The molecule has 0 bridgehead atoms. The SMILES string of the molecule is N#CCOc1ccc(NC(=O)NCCc2coc(-c3ccccc3)n2)cc1. The number of urea groups is 1. The van der Waals surface area contributed by atoms with Crippen molar-refractivity contribution in [2.45, 2.75) is 6.42 Å². The van der Waals surface area contributed by atoms with E-state index in [9.17, 15) is 4.79 Å². The lowest BCUT2D eigenvalue weighted by Crippen LogP contribution is -2.30. The highest BCUT2D eigenvalue weighted by Gasteiger charge is 2.07. The maximum absolute atomic E-state index is 11.9. The predicted molar refractivity (Wildman–Crippen MR) is 100 cm³/mol. The first-order valence-corrected chi connectivity index (χ1v) is 8.39. The van der Waals surface area contributed by atoms with Gasteiger partial charge in [0.15, 0.2) is 6.61 Å². The average molecular weight is 362 g/mol. The summed E-state index contributed by atoms with van der Waals surface area (Å²) >= 11 is 0. The first kappa shape index (κ1) is 18.0. The zero-order valence-electron chi connectivity index (χ0n) is 14.5. The van der Waals surface area contributed by atoms with Crippen molar-refractivity contribution in [3.63, 3.8) is 0 Å². The first-order chi connectivity index (χ1) is 13.2. The number of rotatable bonds is 7. The Labute approximate surface area is 156 Å². The fraction of sp³-hybridized carbons (Fsp3) is 0.150. The van der Waals surface area contributed by atoms with Crippen LogP contribution in [0.25, 0.3) is 11.5 Å². The lowest BCUT2D eigenvalue weighted by Gasteiger charge is -2.08. The number of benzene rings is 2. The molecule has 136 valence electrons. The molecule has 0 aliphatic carbocycles. The van der Waals surface area contributed by atoms with Crippen LogP contribution in [0, 0.1) is 11.3 Å². The van der Waals surface area contributed by atoms with Crippen LogP contribution in [-0.4, -0.2) is 24.2 Å². The second-order valence-electron chi connectivity index (χ2n) is 5.61. The fourth-order valence-electron chi connectivity index (χ4n) is 2.36. The number of hydrogen-bond acceptors (Lipinski definition) is 5. The second-order valence-corrected chi connectivity index (χ2v) is 5.61. The summed E-state index contributed by atoms with van der Waals surface area (Å²) in [6.45, 7) is 0.414. The molecule has 1 heterocycles. The lowest BCUT2D eigenvalue weighted by molar-refractivity contribution is 0.252. The van der Waals surface area contributed by atoms with E-state index in [1.807, 2.05) is 36.4 Å². The van der Waals surface area contributed by atoms with Crippen LogP contribution in [-0.2, 0) is 6.42 Å². The Morgan fingerprint density at radius 3 is 2.67 bits per heavy atom. The summed E-state index contributed by atoms with van der Waals surface area (Å²) in [6, 6.07) is 18.0. The van der Waals surface area contributed by atoms with Crippen LogP contribution < -0.4 is 15.4 Å².